The van der Waals surface area contributed by atoms with Crippen molar-refractivity contribution in [3.05, 3.63) is 11.6 Å². The average molecular weight is 226 g/mol. The summed E-state index contributed by atoms with van der Waals surface area (Å²) in [5.74, 6) is 2.47. The van der Waals surface area contributed by atoms with E-state index in [9.17, 15) is 0 Å². The molecule has 0 aliphatic heterocycles. The van der Waals surface area contributed by atoms with Gasteiger partial charge < -0.3 is 15.0 Å². The zero-order valence-corrected chi connectivity index (χ0v) is 10.4. The van der Waals surface area contributed by atoms with Gasteiger partial charge in [0.25, 0.3) is 0 Å². The molecule has 0 saturated carbocycles. The standard InChI is InChI=1S/C11H22N4O/c1-9(2)8-15-10(5-4-6-16-3)13-14-11(15)7-12/h9H,4-8,12H2,1-3H3. The summed E-state index contributed by atoms with van der Waals surface area (Å²) in [6.07, 6.45) is 1.87. The molecule has 0 aliphatic carbocycles. The Morgan fingerprint density at radius 3 is 2.56 bits per heavy atom. The maximum Gasteiger partial charge on any atom is 0.146 e. The first-order chi connectivity index (χ1) is 7.69. The van der Waals surface area contributed by atoms with Crippen LogP contribution >= 0.6 is 0 Å². The Hall–Kier alpha value is -0.940. The van der Waals surface area contributed by atoms with Gasteiger partial charge in [0, 0.05) is 26.7 Å². The van der Waals surface area contributed by atoms with Crippen LogP contribution in [0.3, 0.4) is 0 Å². The summed E-state index contributed by atoms with van der Waals surface area (Å²) in [4.78, 5) is 0. The zero-order valence-electron chi connectivity index (χ0n) is 10.4. The maximum absolute atomic E-state index is 5.65. The molecule has 1 rings (SSSR count). The number of hydrogen-bond donors (Lipinski definition) is 1. The van der Waals surface area contributed by atoms with Crippen molar-refractivity contribution in [2.75, 3.05) is 13.7 Å². The molecule has 92 valence electrons. The van der Waals surface area contributed by atoms with E-state index >= 15 is 0 Å². The molecule has 1 heterocycles. The minimum atomic E-state index is 0.448. The molecule has 0 aromatic carbocycles. The van der Waals surface area contributed by atoms with Gasteiger partial charge in [0.05, 0.1) is 6.54 Å². The van der Waals surface area contributed by atoms with Crippen LogP contribution < -0.4 is 5.73 Å². The molecule has 0 bridgehead atoms. The first-order valence-electron chi connectivity index (χ1n) is 5.79. The van der Waals surface area contributed by atoms with Crippen LogP contribution in [0, 0.1) is 5.92 Å². The van der Waals surface area contributed by atoms with E-state index in [0.717, 1.165) is 37.6 Å². The van der Waals surface area contributed by atoms with E-state index < -0.39 is 0 Å². The second kappa shape index (κ2) is 6.60. The van der Waals surface area contributed by atoms with Crippen LogP contribution in [0.15, 0.2) is 0 Å². The lowest BCUT2D eigenvalue weighted by Crippen LogP contribution is -2.14. The fourth-order valence-electron chi connectivity index (χ4n) is 1.66. The van der Waals surface area contributed by atoms with Crippen LogP contribution in [0.1, 0.15) is 31.9 Å². The van der Waals surface area contributed by atoms with Gasteiger partial charge in [0.2, 0.25) is 0 Å². The second-order valence-corrected chi connectivity index (χ2v) is 4.34. The molecule has 5 heteroatoms. The minimum Gasteiger partial charge on any atom is -0.385 e. The molecule has 16 heavy (non-hydrogen) atoms. The van der Waals surface area contributed by atoms with E-state index in [0.29, 0.717) is 12.5 Å². The first kappa shape index (κ1) is 13.1. The molecular weight excluding hydrogens is 204 g/mol. The topological polar surface area (TPSA) is 66.0 Å². The van der Waals surface area contributed by atoms with Gasteiger partial charge in [0.15, 0.2) is 0 Å². The highest BCUT2D eigenvalue weighted by atomic mass is 16.5. The van der Waals surface area contributed by atoms with Crippen LogP contribution in [0.2, 0.25) is 0 Å². The molecule has 0 aliphatic rings. The second-order valence-electron chi connectivity index (χ2n) is 4.34. The van der Waals surface area contributed by atoms with Crippen molar-refractivity contribution >= 4 is 0 Å². The quantitative estimate of drug-likeness (QED) is 0.704. The van der Waals surface area contributed by atoms with Gasteiger partial charge >= 0.3 is 0 Å². The molecule has 0 atom stereocenters. The number of rotatable bonds is 7. The Morgan fingerprint density at radius 1 is 1.31 bits per heavy atom. The lowest BCUT2D eigenvalue weighted by Gasteiger charge is -2.11. The Balaban J connectivity index is 2.70. The van der Waals surface area contributed by atoms with Gasteiger partial charge in [0.1, 0.15) is 11.6 Å². The Bertz CT molecular complexity index is 309. The number of aryl methyl sites for hydroxylation is 1. The third-order valence-electron chi connectivity index (χ3n) is 2.38. The monoisotopic (exact) mass is 226 g/mol. The fourth-order valence-corrected chi connectivity index (χ4v) is 1.66. The molecule has 0 saturated heterocycles. The summed E-state index contributed by atoms with van der Waals surface area (Å²) in [5, 5.41) is 8.30. The summed E-state index contributed by atoms with van der Waals surface area (Å²) in [5.41, 5.74) is 5.65. The summed E-state index contributed by atoms with van der Waals surface area (Å²) >= 11 is 0. The molecule has 2 N–H and O–H groups in total. The molecular formula is C11H22N4O. The largest absolute Gasteiger partial charge is 0.385 e. The normalized spacial score (nSPS) is 11.3. The number of nitrogens with zero attached hydrogens (tertiary/aromatic N) is 3. The molecule has 0 amide bonds. The highest BCUT2D eigenvalue weighted by Crippen LogP contribution is 2.08. The fraction of sp³-hybridized carbons (Fsp3) is 0.818. The van der Waals surface area contributed by atoms with Gasteiger partial charge in [-0.25, -0.2) is 0 Å². The van der Waals surface area contributed by atoms with Gasteiger partial charge in [-0.1, -0.05) is 13.8 Å². The lowest BCUT2D eigenvalue weighted by atomic mass is 10.2. The number of hydrogen-bond acceptors (Lipinski definition) is 4. The summed E-state index contributed by atoms with van der Waals surface area (Å²) in [6, 6.07) is 0. The van der Waals surface area contributed by atoms with Crippen LogP contribution in [0.4, 0.5) is 0 Å². The van der Waals surface area contributed by atoms with Crippen molar-refractivity contribution in [1.29, 1.82) is 0 Å². The highest BCUT2D eigenvalue weighted by Gasteiger charge is 2.11. The molecule has 1 aromatic heterocycles. The van der Waals surface area contributed by atoms with Crippen LogP contribution in [0.25, 0.3) is 0 Å². The molecule has 0 unspecified atom stereocenters. The van der Waals surface area contributed by atoms with Crippen molar-refractivity contribution in [3.63, 3.8) is 0 Å². The van der Waals surface area contributed by atoms with E-state index in [1.165, 1.54) is 0 Å². The van der Waals surface area contributed by atoms with E-state index in [-0.39, 0.29) is 0 Å². The maximum atomic E-state index is 5.65. The SMILES string of the molecule is COCCCc1nnc(CN)n1CC(C)C. The van der Waals surface area contributed by atoms with Crippen molar-refractivity contribution in [3.8, 4) is 0 Å². The summed E-state index contributed by atoms with van der Waals surface area (Å²) in [6.45, 7) is 6.50. The molecule has 5 nitrogen and oxygen atoms in total. The van der Waals surface area contributed by atoms with E-state index in [2.05, 4.69) is 28.6 Å². The molecule has 1 aromatic rings. The predicted octanol–water partition coefficient (Wildman–Crippen LogP) is 0.972. The third-order valence-corrected chi connectivity index (χ3v) is 2.38. The minimum absolute atomic E-state index is 0.448. The van der Waals surface area contributed by atoms with Crippen molar-refractivity contribution < 1.29 is 4.74 Å². The van der Waals surface area contributed by atoms with Crippen molar-refractivity contribution in [2.45, 2.75) is 39.8 Å². The number of ether oxygens (including phenoxy) is 1. The zero-order chi connectivity index (χ0) is 12.0. The summed E-state index contributed by atoms with van der Waals surface area (Å²) < 4.78 is 7.17. The van der Waals surface area contributed by atoms with Crippen molar-refractivity contribution in [1.82, 2.24) is 14.8 Å². The highest BCUT2D eigenvalue weighted by molar-refractivity contribution is 4.96. The first-order valence-corrected chi connectivity index (χ1v) is 5.79. The number of methoxy groups -OCH3 is 1. The average Bonchev–Trinajstić information content (AvgIpc) is 2.61. The van der Waals surface area contributed by atoms with Gasteiger partial charge in [-0.05, 0) is 12.3 Å². The summed E-state index contributed by atoms with van der Waals surface area (Å²) in [7, 11) is 1.71. The van der Waals surface area contributed by atoms with E-state index in [4.69, 9.17) is 10.5 Å². The Labute approximate surface area is 97.0 Å². The van der Waals surface area contributed by atoms with Crippen LogP contribution in [-0.4, -0.2) is 28.5 Å². The van der Waals surface area contributed by atoms with Crippen LogP contribution in [0.5, 0.6) is 0 Å². The van der Waals surface area contributed by atoms with E-state index in [1.54, 1.807) is 7.11 Å². The van der Waals surface area contributed by atoms with Gasteiger partial charge in [-0.3, -0.25) is 0 Å². The predicted molar refractivity (Wildman–Crippen MR) is 62.9 cm³/mol. The Morgan fingerprint density at radius 2 is 2.00 bits per heavy atom. The van der Waals surface area contributed by atoms with Crippen molar-refractivity contribution in [2.24, 2.45) is 11.7 Å². The molecule has 0 fully saturated rings. The Kier molecular flexibility index (Phi) is 5.42. The molecule has 0 radical (unpaired) electrons. The smallest absolute Gasteiger partial charge is 0.146 e. The van der Waals surface area contributed by atoms with Gasteiger partial charge in [-0.15, -0.1) is 10.2 Å². The van der Waals surface area contributed by atoms with E-state index in [1.807, 2.05) is 0 Å². The number of aromatic nitrogens is 3. The number of nitrogens with two attached hydrogens (primary N) is 1. The third kappa shape index (κ3) is 3.57. The lowest BCUT2D eigenvalue weighted by molar-refractivity contribution is 0.194. The van der Waals surface area contributed by atoms with Crippen LogP contribution in [-0.2, 0) is 24.2 Å². The van der Waals surface area contributed by atoms with Gasteiger partial charge in [-0.2, -0.15) is 0 Å². The molecule has 0 spiro atoms.